The predicted molar refractivity (Wildman–Crippen MR) is 55.3 cm³/mol. The van der Waals surface area contributed by atoms with Crippen LogP contribution in [0.2, 0.25) is 0 Å². The molecule has 0 aliphatic heterocycles. The van der Waals surface area contributed by atoms with Crippen LogP contribution in [0.25, 0.3) is 0 Å². The van der Waals surface area contributed by atoms with Gasteiger partial charge in [0.15, 0.2) is 5.69 Å². The molecule has 1 rings (SSSR count). The highest BCUT2D eigenvalue weighted by Gasteiger charge is 2.44. The van der Waals surface area contributed by atoms with Crippen LogP contribution < -0.4 is 9.47 Å². The number of ether oxygens (including phenoxy) is 2. The molecule has 1 aromatic rings. The molecule has 0 N–H and O–H groups in total. The van der Waals surface area contributed by atoms with Crippen molar-refractivity contribution in [3.8, 4) is 11.6 Å². The van der Waals surface area contributed by atoms with Crippen LogP contribution in [0.1, 0.15) is 26.5 Å². The average Bonchev–Trinajstić information content (AvgIpc) is 2.54. The Morgan fingerprint density at radius 2 is 1.59 bits per heavy atom. The smallest absolute Gasteiger partial charge is 0.436 e. The molecule has 0 unspecified atom stereocenters. The number of rotatable bonds is 2. The Morgan fingerprint density at radius 1 is 1.06 bits per heavy atom. The fraction of sp³-hybridized carbons (Fsp3) is 0.700. The molecule has 0 atom stereocenters. The van der Waals surface area contributed by atoms with Gasteiger partial charge in [0.2, 0.25) is 5.75 Å². The maximum atomic E-state index is 13.0. The fourth-order valence-electron chi connectivity index (χ4n) is 1.44. The molecule has 0 aliphatic rings. The van der Waals surface area contributed by atoms with Crippen molar-refractivity contribution in [2.24, 2.45) is 0 Å². The van der Waals surface area contributed by atoms with Crippen molar-refractivity contribution < 1.29 is 22.6 Å². The maximum absolute atomic E-state index is 13.0. The van der Waals surface area contributed by atoms with Gasteiger partial charge in [-0.2, -0.15) is 13.2 Å². The maximum Gasteiger partial charge on any atom is 0.436 e. The van der Waals surface area contributed by atoms with Crippen molar-refractivity contribution in [3.63, 3.8) is 0 Å². The molecular weight excluding hydrogens is 237 g/mol. The SMILES string of the molecule is COc1nn(C(C)(C)C)c(C(F)(F)F)c1OC. The van der Waals surface area contributed by atoms with Crippen molar-refractivity contribution in [3.05, 3.63) is 5.69 Å². The number of hydrogen-bond donors (Lipinski definition) is 0. The Bertz CT molecular complexity index is 405. The van der Waals surface area contributed by atoms with E-state index in [1.165, 1.54) is 7.11 Å². The molecule has 0 aliphatic carbocycles. The summed E-state index contributed by atoms with van der Waals surface area (Å²) in [6.45, 7) is 4.86. The summed E-state index contributed by atoms with van der Waals surface area (Å²) in [5, 5.41) is 3.79. The summed E-state index contributed by atoms with van der Waals surface area (Å²) in [5.74, 6) is -0.565. The monoisotopic (exact) mass is 252 g/mol. The molecule has 0 radical (unpaired) electrons. The number of hydrogen-bond acceptors (Lipinski definition) is 3. The summed E-state index contributed by atoms with van der Waals surface area (Å²) < 4.78 is 49.3. The van der Waals surface area contributed by atoms with E-state index in [1.807, 2.05) is 0 Å². The topological polar surface area (TPSA) is 36.3 Å². The largest absolute Gasteiger partial charge is 0.490 e. The third-order valence-corrected chi connectivity index (χ3v) is 2.11. The highest BCUT2D eigenvalue weighted by Crippen LogP contribution is 2.43. The van der Waals surface area contributed by atoms with Gasteiger partial charge in [0.05, 0.1) is 19.8 Å². The van der Waals surface area contributed by atoms with Gasteiger partial charge in [-0.25, -0.2) is 4.68 Å². The zero-order valence-corrected chi connectivity index (χ0v) is 10.3. The first-order valence-corrected chi connectivity index (χ1v) is 4.91. The third kappa shape index (κ3) is 2.48. The summed E-state index contributed by atoms with van der Waals surface area (Å²) >= 11 is 0. The first-order chi connectivity index (χ1) is 7.62. The Hall–Kier alpha value is -1.40. The van der Waals surface area contributed by atoms with Crippen molar-refractivity contribution in [2.75, 3.05) is 14.2 Å². The van der Waals surface area contributed by atoms with Crippen molar-refractivity contribution >= 4 is 0 Å². The Morgan fingerprint density at radius 3 is 1.88 bits per heavy atom. The number of aromatic nitrogens is 2. The molecule has 0 bridgehead atoms. The minimum Gasteiger partial charge on any atom is -0.490 e. The van der Waals surface area contributed by atoms with Crippen LogP contribution in [-0.4, -0.2) is 24.0 Å². The van der Waals surface area contributed by atoms with E-state index in [4.69, 9.17) is 9.47 Å². The molecule has 0 spiro atoms. The minimum absolute atomic E-state index is 0.172. The van der Waals surface area contributed by atoms with Crippen LogP contribution in [0, 0.1) is 0 Å². The van der Waals surface area contributed by atoms with E-state index in [9.17, 15) is 13.2 Å². The number of halogens is 3. The summed E-state index contributed by atoms with van der Waals surface area (Å²) in [6, 6.07) is 0. The lowest BCUT2D eigenvalue weighted by Crippen LogP contribution is -2.28. The van der Waals surface area contributed by atoms with E-state index in [-0.39, 0.29) is 5.88 Å². The summed E-state index contributed by atoms with van der Waals surface area (Å²) in [7, 11) is 2.40. The predicted octanol–water partition coefficient (Wildman–Crippen LogP) is 2.67. The van der Waals surface area contributed by atoms with Crippen LogP contribution >= 0.6 is 0 Å². The molecule has 4 nitrogen and oxygen atoms in total. The van der Waals surface area contributed by atoms with Gasteiger partial charge in [0.1, 0.15) is 0 Å². The second kappa shape index (κ2) is 4.12. The molecule has 0 aromatic carbocycles. The first kappa shape index (κ1) is 13.7. The van der Waals surface area contributed by atoms with E-state index >= 15 is 0 Å². The second-order valence-corrected chi connectivity index (χ2v) is 4.47. The standard InChI is InChI=1S/C10H15F3N2O2/c1-9(2,3)15-7(10(11,12)13)6(16-4)8(14-15)17-5/h1-5H3. The second-order valence-electron chi connectivity index (χ2n) is 4.47. The van der Waals surface area contributed by atoms with E-state index in [0.717, 1.165) is 11.8 Å². The molecule has 98 valence electrons. The minimum atomic E-state index is -4.55. The highest BCUT2D eigenvalue weighted by molar-refractivity contribution is 5.41. The number of methoxy groups -OCH3 is 2. The van der Waals surface area contributed by atoms with Crippen LogP contribution in [0.3, 0.4) is 0 Å². The molecule has 0 saturated heterocycles. The van der Waals surface area contributed by atoms with Crippen molar-refractivity contribution in [2.45, 2.75) is 32.5 Å². The van der Waals surface area contributed by atoms with Gasteiger partial charge in [-0.1, -0.05) is 0 Å². The molecule has 0 saturated carbocycles. The summed E-state index contributed by atoms with van der Waals surface area (Å²) in [6.07, 6.45) is -4.55. The normalized spacial score (nSPS) is 12.7. The lowest BCUT2D eigenvalue weighted by atomic mass is 10.1. The van der Waals surface area contributed by atoms with Gasteiger partial charge in [0.25, 0.3) is 5.88 Å². The Kier molecular flexibility index (Phi) is 3.31. The molecule has 7 heteroatoms. The van der Waals surface area contributed by atoms with E-state index in [0.29, 0.717) is 0 Å². The van der Waals surface area contributed by atoms with Gasteiger partial charge in [-0.15, -0.1) is 5.10 Å². The van der Waals surface area contributed by atoms with Gasteiger partial charge in [-0.05, 0) is 20.8 Å². The molecule has 0 fully saturated rings. The van der Waals surface area contributed by atoms with Crippen LogP contribution in [-0.2, 0) is 11.7 Å². The van der Waals surface area contributed by atoms with Crippen LogP contribution in [0.5, 0.6) is 11.6 Å². The van der Waals surface area contributed by atoms with Crippen LogP contribution in [0.4, 0.5) is 13.2 Å². The molecule has 0 amide bonds. The van der Waals surface area contributed by atoms with E-state index in [2.05, 4.69) is 5.10 Å². The number of nitrogens with zero attached hydrogens (tertiary/aromatic N) is 2. The van der Waals surface area contributed by atoms with Crippen molar-refractivity contribution in [1.82, 2.24) is 9.78 Å². The van der Waals surface area contributed by atoms with Gasteiger partial charge >= 0.3 is 6.18 Å². The molecular formula is C10H15F3N2O2. The molecule has 17 heavy (non-hydrogen) atoms. The van der Waals surface area contributed by atoms with Gasteiger partial charge < -0.3 is 9.47 Å². The van der Waals surface area contributed by atoms with Gasteiger partial charge in [0, 0.05) is 0 Å². The fourth-order valence-corrected chi connectivity index (χ4v) is 1.44. The zero-order valence-electron chi connectivity index (χ0n) is 10.3. The highest BCUT2D eigenvalue weighted by atomic mass is 19.4. The van der Waals surface area contributed by atoms with Crippen molar-refractivity contribution in [1.29, 1.82) is 0 Å². The lowest BCUT2D eigenvalue weighted by molar-refractivity contribution is -0.147. The molecule has 1 heterocycles. The lowest BCUT2D eigenvalue weighted by Gasteiger charge is -2.23. The van der Waals surface area contributed by atoms with Gasteiger partial charge in [-0.3, -0.25) is 0 Å². The van der Waals surface area contributed by atoms with E-state index < -0.39 is 23.2 Å². The summed E-state index contributed by atoms with van der Waals surface area (Å²) in [5.41, 5.74) is -1.76. The van der Waals surface area contributed by atoms with Crippen LogP contribution in [0.15, 0.2) is 0 Å². The first-order valence-electron chi connectivity index (χ1n) is 4.91. The Balaban J connectivity index is 3.56. The quantitative estimate of drug-likeness (QED) is 0.811. The third-order valence-electron chi connectivity index (χ3n) is 2.11. The number of alkyl halides is 3. The Labute approximate surface area is 97.3 Å². The average molecular weight is 252 g/mol. The summed E-state index contributed by atoms with van der Waals surface area (Å²) in [4.78, 5) is 0. The molecule has 1 aromatic heterocycles. The zero-order chi connectivity index (χ0) is 13.4. The van der Waals surface area contributed by atoms with E-state index in [1.54, 1.807) is 20.8 Å².